The SMILES string of the molecule is Cc1cc2nc3nc4cc(C(C)(C)C)ccn4c3nc2cc1C. The average Bonchev–Trinajstić information content (AvgIpc) is 2.82. The smallest absolute Gasteiger partial charge is 0.198 e. The number of hydrogen-bond acceptors (Lipinski definition) is 3. The summed E-state index contributed by atoms with van der Waals surface area (Å²) >= 11 is 0. The summed E-state index contributed by atoms with van der Waals surface area (Å²) in [6, 6.07) is 8.45. The average molecular weight is 304 g/mol. The van der Waals surface area contributed by atoms with Gasteiger partial charge in [-0.05, 0) is 60.2 Å². The molecule has 0 spiro atoms. The Labute approximate surface area is 135 Å². The Balaban J connectivity index is 2.06. The van der Waals surface area contributed by atoms with Crippen LogP contribution in [0.2, 0.25) is 0 Å². The zero-order valence-electron chi connectivity index (χ0n) is 14.2. The number of nitrogens with zero attached hydrogens (tertiary/aromatic N) is 4. The molecule has 0 aliphatic carbocycles. The Morgan fingerprint density at radius 2 is 1.52 bits per heavy atom. The van der Waals surface area contributed by atoms with Crippen molar-refractivity contribution >= 4 is 28.0 Å². The van der Waals surface area contributed by atoms with E-state index in [1.807, 2.05) is 10.6 Å². The molecule has 0 N–H and O–H groups in total. The second kappa shape index (κ2) is 4.51. The standard InChI is InChI=1S/C19H20N4/c1-11-8-14-15(9-12(11)2)21-18-17(20-14)22-16-10-13(19(3,4)5)6-7-23(16)18/h6-10H,1-5H3. The number of hydrogen-bond donors (Lipinski definition) is 0. The normalized spacial score (nSPS) is 12.6. The van der Waals surface area contributed by atoms with Gasteiger partial charge in [0.1, 0.15) is 5.65 Å². The largest absolute Gasteiger partial charge is 0.283 e. The zero-order valence-corrected chi connectivity index (χ0v) is 14.2. The highest BCUT2D eigenvalue weighted by atomic mass is 15.1. The van der Waals surface area contributed by atoms with Crippen LogP contribution in [0.3, 0.4) is 0 Å². The topological polar surface area (TPSA) is 43.1 Å². The first-order chi connectivity index (χ1) is 10.8. The molecule has 0 saturated carbocycles. The van der Waals surface area contributed by atoms with E-state index >= 15 is 0 Å². The molecule has 4 aromatic rings. The molecule has 0 unspecified atom stereocenters. The van der Waals surface area contributed by atoms with Crippen LogP contribution in [-0.4, -0.2) is 19.4 Å². The lowest BCUT2D eigenvalue weighted by Gasteiger charge is -2.18. The summed E-state index contributed by atoms with van der Waals surface area (Å²) in [5, 5.41) is 0. The minimum atomic E-state index is 0.0969. The van der Waals surface area contributed by atoms with E-state index in [-0.39, 0.29) is 5.41 Å². The first kappa shape index (κ1) is 14.1. The van der Waals surface area contributed by atoms with Crippen LogP contribution in [0, 0.1) is 13.8 Å². The molecule has 0 saturated heterocycles. The molecule has 1 aromatic carbocycles. The number of aromatic nitrogens is 4. The molecule has 4 rings (SSSR count). The summed E-state index contributed by atoms with van der Waals surface area (Å²) in [6.07, 6.45) is 2.05. The lowest BCUT2D eigenvalue weighted by Crippen LogP contribution is -2.11. The van der Waals surface area contributed by atoms with E-state index in [2.05, 4.69) is 63.9 Å². The van der Waals surface area contributed by atoms with Crippen molar-refractivity contribution in [3.63, 3.8) is 0 Å². The van der Waals surface area contributed by atoms with Gasteiger partial charge in [-0.3, -0.25) is 4.40 Å². The number of rotatable bonds is 0. The Morgan fingerprint density at radius 1 is 0.870 bits per heavy atom. The summed E-state index contributed by atoms with van der Waals surface area (Å²) in [7, 11) is 0. The minimum absolute atomic E-state index is 0.0969. The van der Waals surface area contributed by atoms with E-state index in [1.165, 1.54) is 16.7 Å². The molecule has 3 aromatic heterocycles. The zero-order chi connectivity index (χ0) is 16.4. The fraction of sp³-hybridized carbons (Fsp3) is 0.316. The van der Waals surface area contributed by atoms with E-state index in [1.54, 1.807) is 0 Å². The van der Waals surface area contributed by atoms with Crippen LogP contribution >= 0.6 is 0 Å². The van der Waals surface area contributed by atoms with Crippen molar-refractivity contribution in [2.24, 2.45) is 0 Å². The molecule has 0 fully saturated rings. The highest BCUT2D eigenvalue weighted by Crippen LogP contribution is 2.25. The van der Waals surface area contributed by atoms with Crippen molar-refractivity contribution in [3.8, 4) is 0 Å². The van der Waals surface area contributed by atoms with Gasteiger partial charge in [0, 0.05) is 6.20 Å². The van der Waals surface area contributed by atoms with Gasteiger partial charge in [0.2, 0.25) is 0 Å². The van der Waals surface area contributed by atoms with Gasteiger partial charge in [0.15, 0.2) is 11.3 Å². The van der Waals surface area contributed by atoms with E-state index in [4.69, 9.17) is 9.97 Å². The highest BCUT2D eigenvalue weighted by molar-refractivity contribution is 5.85. The van der Waals surface area contributed by atoms with Crippen molar-refractivity contribution in [3.05, 3.63) is 47.2 Å². The van der Waals surface area contributed by atoms with E-state index in [0.29, 0.717) is 5.65 Å². The molecule has 23 heavy (non-hydrogen) atoms. The number of aryl methyl sites for hydroxylation is 2. The van der Waals surface area contributed by atoms with E-state index in [0.717, 1.165) is 22.3 Å². The first-order valence-corrected chi connectivity index (χ1v) is 7.90. The molecule has 0 atom stereocenters. The fourth-order valence-corrected chi connectivity index (χ4v) is 2.86. The maximum atomic E-state index is 4.80. The van der Waals surface area contributed by atoms with Crippen LogP contribution in [0.15, 0.2) is 30.5 Å². The molecule has 4 nitrogen and oxygen atoms in total. The molecule has 116 valence electrons. The maximum absolute atomic E-state index is 4.80. The summed E-state index contributed by atoms with van der Waals surface area (Å²) in [4.78, 5) is 14.2. The van der Waals surface area contributed by atoms with Gasteiger partial charge in [0.05, 0.1) is 11.0 Å². The second-order valence-corrected chi connectivity index (χ2v) is 7.30. The summed E-state index contributed by atoms with van der Waals surface area (Å²) in [5.74, 6) is 0. The maximum Gasteiger partial charge on any atom is 0.198 e. The molecule has 0 aliphatic heterocycles. The fourth-order valence-electron chi connectivity index (χ4n) is 2.86. The number of imidazole rings is 1. The van der Waals surface area contributed by atoms with Crippen LogP contribution in [0.25, 0.3) is 28.0 Å². The van der Waals surface area contributed by atoms with Gasteiger partial charge in [-0.25, -0.2) is 15.0 Å². The second-order valence-electron chi connectivity index (χ2n) is 7.30. The third kappa shape index (κ3) is 2.17. The van der Waals surface area contributed by atoms with Gasteiger partial charge >= 0.3 is 0 Å². The molecule has 0 radical (unpaired) electrons. The molecular weight excluding hydrogens is 284 g/mol. The molecule has 0 aliphatic rings. The van der Waals surface area contributed by atoms with Crippen LogP contribution in [0.4, 0.5) is 0 Å². The molecule has 4 heteroatoms. The third-order valence-corrected chi connectivity index (χ3v) is 4.49. The van der Waals surface area contributed by atoms with E-state index in [9.17, 15) is 0 Å². The predicted octanol–water partition coefficient (Wildman–Crippen LogP) is 4.35. The van der Waals surface area contributed by atoms with Gasteiger partial charge in [0.25, 0.3) is 0 Å². The number of benzene rings is 1. The number of fused-ring (bicyclic) bond motifs is 4. The predicted molar refractivity (Wildman–Crippen MR) is 94.0 cm³/mol. The van der Waals surface area contributed by atoms with Crippen molar-refractivity contribution in [2.45, 2.75) is 40.0 Å². The minimum Gasteiger partial charge on any atom is -0.283 e. The Bertz CT molecular complexity index is 1070. The Kier molecular flexibility index (Phi) is 2.77. The Morgan fingerprint density at radius 3 is 2.17 bits per heavy atom. The van der Waals surface area contributed by atoms with Crippen molar-refractivity contribution < 1.29 is 0 Å². The summed E-state index contributed by atoms with van der Waals surface area (Å²) < 4.78 is 2.02. The van der Waals surface area contributed by atoms with Gasteiger partial charge in [-0.2, -0.15) is 0 Å². The van der Waals surface area contributed by atoms with Gasteiger partial charge in [-0.15, -0.1) is 0 Å². The lowest BCUT2D eigenvalue weighted by atomic mass is 9.88. The van der Waals surface area contributed by atoms with Crippen molar-refractivity contribution in [2.75, 3.05) is 0 Å². The summed E-state index contributed by atoms with van der Waals surface area (Å²) in [5.41, 5.74) is 8.05. The van der Waals surface area contributed by atoms with Gasteiger partial charge < -0.3 is 0 Å². The lowest BCUT2D eigenvalue weighted by molar-refractivity contribution is 0.590. The van der Waals surface area contributed by atoms with Gasteiger partial charge in [-0.1, -0.05) is 20.8 Å². The third-order valence-electron chi connectivity index (χ3n) is 4.49. The highest BCUT2D eigenvalue weighted by Gasteiger charge is 2.16. The van der Waals surface area contributed by atoms with Crippen LogP contribution in [0.1, 0.15) is 37.5 Å². The summed E-state index contributed by atoms with van der Waals surface area (Å²) in [6.45, 7) is 10.8. The monoisotopic (exact) mass is 304 g/mol. The van der Waals surface area contributed by atoms with Crippen molar-refractivity contribution in [1.82, 2.24) is 19.4 Å². The number of pyridine rings is 1. The van der Waals surface area contributed by atoms with Crippen LogP contribution in [-0.2, 0) is 5.41 Å². The molecule has 0 bridgehead atoms. The first-order valence-electron chi connectivity index (χ1n) is 7.90. The van der Waals surface area contributed by atoms with E-state index < -0.39 is 0 Å². The molecule has 3 heterocycles. The van der Waals surface area contributed by atoms with Crippen molar-refractivity contribution in [1.29, 1.82) is 0 Å². The molecular formula is C19H20N4. The molecule has 0 amide bonds. The quantitative estimate of drug-likeness (QED) is 0.485. The Hall–Kier alpha value is -2.49. The van der Waals surface area contributed by atoms with Crippen LogP contribution in [0.5, 0.6) is 0 Å². The van der Waals surface area contributed by atoms with Crippen LogP contribution < -0.4 is 0 Å².